The minimum absolute atomic E-state index is 0.0197. The van der Waals surface area contributed by atoms with Crippen molar-refractivity contribution >= 4 is 11.4 Å². The van der Waals surface area contributed by atoms with E-state index in [0.717, 1.165) is 30.9 Å². The number of nitrogens with zero attached hydrogens (tertiary/aromatic N) is 3. The van der Waals surface area contributed by atoms with E-state index in [1.807, 2.05) is 6.07 Å². The van der Waals surface area contributed by atoms with Crippen molar-refractivity contribution in [3.05, 3.63) is 71.4 Å². The van der Waals surface area contributed by atoms with Crippen molar-refractivity contribution in [1.29, 1.82) is 0 Å². The van der Waals surface area contributed by atoms with Crippen LogP contribution in [-0.4, -0.2) is 42.3 Å². The smallest absolute Gasteiger partial charge is 0.149 e. The monoisotopic (exact) mass is 511 g/mol. The van der Waals surface area contributed by atoms with Gasteiger partial charge in [0.15, 0.2) is 0 Å². The van der Waals surface area contributed by atoms with Gasteiger partial charge >= 0.3 is 0 Å². The van der Waals surface area contributed by atoms with Crippen LogP contribution in [0.25, 0.3) is 11.3 Å². The van der Waals surface area contributed by atoms with E-state index in [4.69, 9.17) is 10.5 Å². The second-order valence-corrected chi connectivity index (χ2v) is 10.1. The molecule has 2 saturated heterocycles. The van der Waals surface area contributed by atoms with Gasteiger partial charge in [0, 0.05) is 38.5 Å². The quantitative estimate of drug-likeness (QED) is 0.472. The number of benzene rings is 1. The summed E-state index contributed by atoms with van der Waals surface area (Å²) in [7, 11) is 0. The summed E-state index contributed by atoms with van der Waals surface area (Å²) >= 11 is 0. The highest BCUT2D eigenvalue weighted by Crippen LogP contribution is 2.34. The lowest BCUT2D eigenvalue weighted by atomic mass is 9.90. The zero-order valence-electron chi connectivity index (χ0n) is 20.9. The van der Waals surface area contributed by atoms with Gasteiger partial charge in [-0.2, -0.15) is 0 Å². The van der Waals surface area contributed by atoms with Crippen LogP contribution in [-0.2, 0) is 11.3 Å². The minimum atomic E-state index is -0.817. The Labute approximate surface area is 215 Å². The number of hydrogen-bond donors (Lipinski definition) is 2. The molecule has 0 spiro atoms. The Balaban J connectivity index is 1.37. The van der Waals surface area contributed by atoms with E-state index in [9.17, 15) is 4.39 Å². The molecule has 2 fully saturated rings. The molecule has 6 nitrogen and oxygen atoms in total. The molecule has 0 saturated carbocycles. The van der Waals surface area contributed by atoms with E-state index >= 15 is 8.78 Å². The van der Waals surface area contributed by atoms with Gasteiger partial charge in [0.25, 0.3) is 0 Å². The molecule has 2 atom stereocenters. The van der Waals surface area contributed by atoms with Gasteiger partial charge < -0.3 is 20.7 Å². The predicted molar refractivity (Wildman–Crippen MR) is 138 cm³/mol. The zero-order valence-corrected chi connectivity index (χ0v) is 20.9. The summed E-state index contributed by atoms with van der Waals surface area (Å²) in [6, 6.07) is 7.32. The first-order valence-electron chi connectivity index (χ1n) is 12.8. The largest absolute Gasteiger partial charge is 0.381 e. The molecule has 3 N–H and O–H groups in total. The average Bonchev–Trinajstić information content (AvgIpc) is 2.88. The molecule has 5 rings (SSSR count). The molecule has 9 heteroatoms. The Morgan fingerprint density at radius 2 is 1.81 bits per heavy atom. The Morgan fingerprint density at radius 1 is 1.05 bits per heavy atom. The maximum absolute atomic E-state index is 15.1. The molecular formula is C28H32F3N5O. The summed E-state index contributed by atoms with van der Waals surface area (Å²) in [5.74, 6) is -1.93. The number of aromatic nitrogens is 2. The highest BCUT2D eigenvalue weighted by Gasteiger charge is 2.25. The van der Waals surface area contributed by atoms with E-state index in [1.165, 1.54) is 24.3 Å². The van der Waals surface area contributed by atoms with Crippen LogP contribution in [0.4, 0.5) is 24.5 Å². The summed E-state index contributed by atoms with van der Waals surface area (Å²) in [6.45, 7) is 5.15. The molecule has 1 aromatic carbocycles. The minimum Gasteiger partial charge on any atom is -0.381 e. The Hall–Kier alpha value is -3.17. The molecule has 0 aliphatic carbocycles. The number of halogens is 3. The van der Waals surface area contributed by atoms with Gasteiger partial charge in [-0.3, -0.25) is 4.98 Å². The SMILES string of the molecule is CC1CC(N)CN(c2ccncc2NCc2ccc(F)c(-c3c(F)cc(C4CCOCC4)cc3F)n2)C1. The maximum Gasteiger partial charge on any atom is 0.149 e. The van der Waals surface area contributed by atoms with Crippen LogP contribution >= 0.6 is 0 Å². The van der Waals surface area contributed by atoms with Gasteiger partial charge in [0.1, 0.15) is 23.1 Å². The fourth-order valence-electron chi connectivity index (χ4n) is 5.42. The summed E-state index contributed by atoms with van der Waals surface area (Å²) < 4.78 is 50.3. The fraction of sp³-hybridized carbons (Fsp3) is 0.429. The van der Waals surface area contributed by atoms with Gasteiger partial charge in [-0.1, -0.05) is 6.92 Å². The second kappa shape index (κ2) is 11.1. The number of piperidine rings is 1. The second-order valence-electron chi connectivity index (χ2n) is 10.1. The first-order valence-corrected chi connectivity index (χ1v) is 12.8. The van der Waals surface area contributed by atoms with Crippen LogP contribution in [0.15, 0.2) is 42.7 Å². The number of pyridine rings is 2. The Bertz CT molecular complexity index is 1220. The molecule has 196 valence electrons. The number of nitrogens with one attached hydrogen (secondary N) is 1. The highest BCUT2D eigenvalue weighted by molar-refractivity contribution is 5.69. The number of anilines is 2. The van der Waals surface area contributed by atoms with Crippen LogP contribution in [0.5, 0.6) is 0 Å². The van der Waals surface area contributed by atoms with Crippen molar-refractivity contribution < 1.29 is 17.9 Å². The van der Waals surface area contributed by atoms with Crippen molar-refractivity contribution in [2.45, 2.75) is 44.7 Å². The summed E-state index contributed by atoms with van der Waals surface area (Å²) in [5.41, 5.74) is 8.22. The highest BCUT2D eigenvalue weighted by atomic mass is 19.1. The lowest BCUT2D eigenvalue weighted by molar-refractivity contribution is 0.0852. The van der Waals surface area contributed by atoms with Crippen LogP contribution in [0.3, 0.4) is 0 Å². The molecule has 2 unspecified atom stereocenters. The maximum atomic E-state index is 15.1. The molecule has 0 radical (unpaired) electrons. The number of rotatable bonds is 6. The van der Waals surface area contributed by atoms with E-state index in [-0.39, 0.29) is 24.2 Å². The first kappa shape index (κ1) is 25.5. The Kier molecular flexibility index (Phi) is 7.62. The third-order valence-corrected chi connectivity index (χ3v) is 7.19. The van der Waals surface area contributed by atoms with Crippen molar-refractivity contribution in [3.8, 4) is 11.3 Å². The van der Waals surface area contributed by atoms with Crippen molar-refractivity contribution in [2.75, 3.05) is 36.5 Å². The Morgan fingerprint density at radius 3 is 2.54 bits per heavy atom. The van der Waals surface area contributed by atoms with E-state index in [1.54, 1.807) is 12.4 Å². The molecule has 3 aromatic rings. The van der Waals surface area contributed by atoms with Crippen LogP contribution < -0.4 is 16.0 Å². The molecule has 2 aliphatic heterocycles. The third kappa shape index (κ3) is 5.72. The molecule has 0 amide bonds. The topological polar surface area (TPSA) is 76.3 Å². The molecule has 0 bridgehead atoms. The zero-order chi connectivity index (χ0) is 25.9. The van der Waals surface area contributed by atoms with Crippen molar-refractivity contribution in [3.63, 3.8) is 0 Å². The van der Waals surface area contributed by atoms with Crippen LogP contribution in [0.2, 0.25) is 0 Å². The van der Waals surface area contributed by atoms with Crippen LogP contribution in [0, 0.1) is 23.4 Å². The summed E-state index contributed by atoms with van der Waals surface area (Å²) in [4.78, 5) is 10.8. The molecule has 2 aromatic heterocycles. The van der Waals surface area contributed by atoms with Gasteiger partial charge in [-0.05, 0) is 67.0 Å². The van der Waals surface area contributed by atoms with E-state index < -0.39 is 23.0 Å². The molecule has 4 heterocycles. The summed E-state index contributed by atoms with van der Waals surface area (Å²) in [5, 5.41) is 3.31. The van der Waals surface area contributed by atoms with Gasteiger partial charge in [0.05, 0.1) is 35.4 Å². The molecule has 37 heavy (non-hydrogen) atoms. The molecular weight excluding hydrogens is 479 g/mol. The fourth-order valence-corrected chi connectivity index (χ4v) is 5.42. The average molecular weight is 512 g/mol. The first-order chi connectivity index (χ1) is 17.9. The predicted octanol–water partition coefficient (Wildman–Crippen LogP) is 5.24. The van der Waals surface area contributed by atoms with Crippen molar-refractivity contribution in [2.24, 2.45) is 11.7 Å². The normalized spacial score (nSPS) is 20.7. The van der Waals surface area contributed by atoms with E-state index in [2.05, 4.69) is 27.1 Å². The number of ether oxygens (including phenoxy) is 1. The third-order valence-electron chi connectivity index (χ3n) is 7.19. The van der Waals surface area contributed by atoms with Gasteiger partial charge in [0.2, 0.25) is 0 Å². The van der Waals surface area contributed by atoms with E-state index in [0.29, 0.717) is 43.2 Å². The number of nitrogens with two attached hydrogens (primary N) is 1. The van der Waals surface area contributed by atoms with Gasteiger partial charge in [-0.25, -0.2) is 18.2 Å². The lowest BCUT2D eigenvalue weighted by Crippen LogP contribution is -2.46. The lowest BCUT2D eigenvalue weighted by Gasteiger charge is -2.37. The number of hydrogen-bond acceptors (Lipinski definition) is 6. The van der Waals surface area contributed by atoms with Crippen molar-refractivity contribution in [1.82, 2.24) is 9.97 Å². The van der Waals surface area contributed by atoms with Crippen LogP contribution in [0.1, 0.15) is 43.4 Å². The molecule has 2 aliphatic rings. The summed E-state index contributed by atoms with van der Waals surface area (Å²) in [6.07, 6.45) is 5.83. The standard InChI is InChI=1S/C28H32F3N5O/c1-17-10-20(32)16-36(15-17)26-4-7-33-14-25(26)34-13-21-2-3-22(29)28(35-21)27-23(30)11-19(12-24(27)31)18-5-8-37-9-6-18/h2-4,7,11-12,14,17-18,20,34H,5-6,8-10,13,15-16,32H2,1H3. The van der Waals surface area contributed by atoms with Gasteiger partial charge in [-0.15, -0.1) is 0 Å².